The van der Waals surface area contributed by atoms with E-state index >= 15 is 0 Å². The molecule has 4 rings (SSSR count). The molecule has 1 saturated heterocycles. The number of nitrogens with two attached hydrogens (primary N) is 1. The normalized spacial score (nSPS) is 21.9. The van der Waals surface area contributed by atoms with Gasteiger partial charge in [0.15, 0.2) is 6.10 Å². The summed E-state index contributed by atoms with van der Waals surface area (Å²) in [7, 11) is -0.360. The van der Waals surface area contributed by atoms with Crippen molar-refractivity contribution in [1.29, 1.82) is 0 Å². The number of amidine groups is 1. The topological polar surface area (TPSA) is 107 Å². The number of thiophene rings is 1. The van der Waals surface area contributed by atoms with Crippen LogP contribution in [0.2, 0.25) is 0 Å². The first-order valence-electron chi connectivity index (χ1n) is 17.5. The molecule has 11 heteroatoms. The number of aliphatic imine (C=N–C) groups is 1. The molecule has 1 aromatic carbocycles. The lowest BCUT2D eigenvalue weighted by Gasteiger charge is -2.42. The molecule has 0 saturated carbocycles. The van der Waals surface area contributed by atoms with Crippen LogP contribution in [-0.2, 0) is 27.4 Å². The predicted molar refractivity (Wildman–Crippen MR) is 173 cm³/mol. The zero-order valence-electron chi connectivity index (χ0n) is 29.4. The van der Waals surface area contributed by atoms with Crippen molar-refractivity contribution in [3.63, 3.8) is 0 Å². The molecule has 43 heavy (non-hydrogen) atoms. The molecular formula is C32H49N7O3S. The van der Waals surface area contributed by atoms with Crippen LogP contribution < -0.4 is 11.1 Å². The Bertz CT molecular complexity index is 1330. The van der Waals surface area contributed by atoms with E-state index in [9.17, 15) is 9.59 Å². The average Bonchev–Trinajstić information content (AvgIpc) is 3.69. The highest BCUT2D eigenvalue weighted by molar-refractivity contribution is 7.10. The molecule has 3 heterocycles. The SMILES string of the molecule is [2H]CN(C[2H])CCCC[C@@H](C(=O)N1CCN(C2=NC(C)(C)C(c3ccccc3)O2)C[C@H]1C(=O)NCc1cc(CN)cs1)N(C[2H])C[2H]. The van der Waals surface area contributed by atoms with Crippen molar-refractivity contribution in [1.82, 2.24) is 24.9 Å². The molecule has 0 radical (unpaired) electrons. The third-order valence-electron chi connectivity index (χ3n) is 7.90. The highest BCUT2D eigenvalue weighted by Crippen LogP contribution is 2.38. The summed E-state index contributed by atoms with van der Waals surface area (Å²) in [4.78, 5) is 40.8. The largest absolute Gasteiger partial charge is 0.454 e. The zero-order valence-corrected chi connectivity index (χ0v) is 26.2. The number of hydrogen-bond acceptors (Lipinski definition) is 9. The molecular weight excluding hydrogens is 562 g/mol. The lowest BCUT2D eigenvalue weighted by Crippen LogP contribution is -2.64. The van der Waals surface area contributed by atoms with Crippen molar-refractivity contribution in [3.05, 3.63) is 57.8 Å². The summed E-state index contributed by atoms with van der Waals surface area (Å²) in [6.45, 7) is 6.17. The van der Waals surface area contributed by atoms with Crippen LogP contribution in [0.5, 0.6) is 0 Å². The van der Waals surface area contributed by atoms with E-state index in [1.807, 2.05) is 60.5 Å². The van der Waals surface area contributed by atoms with Gasteiger partial charge in [-0.25, -0.2) is 4.99 Å². The maximum Gasteiger partial charge on any atom is 0.288 e. The van der Waals surface area contributed by atoms with Crippen LogP contribution in [0.15, 0.2) is 46.8 Å². The van der Waals surface area contributed by atoms with Crippen LogP contribution >= 0.6 is 11.3 Å². The highest BCUT2D eigenvalue weighted by atomic mass is 32.1. The molecule has 2 amide bonds. The van der Waals surface area contributed by atoms with Gasteiger partial charge in [0.1, 0.15) is 11.6 Å². The van der Waals surface area contributed by atoms with Crippen molar-refractivity contribution in [2.24, 2.45) is 10.7 Å². The monoisotopic (exact) mass is 615 g/mol. The number of hydrogen-bond donors (Lipinski definition) is 2. The van der Waals surface area contributed by atoms with E-state index in [-0.39, 0.29) is 59.1 Å². The van der Waals surface area contributed by atoms with Crippen molar-refractivity contribution < 1.29 is 19.8 Å². The summed E-state index contributed by atoms with van der Waals surface area (Å²) in [6.07, 6.45) is 1.43. The molecule has 1 aromatic heterocycles. The van der Waals surface area contributed by atoms with Crippen LogP contribution in [0, 0.1) is 0 Å². The number of unbranched alkanes of at least 4 members (excludes halogenated alkanes) is 1. The Morgan fingerprint density at radius 2 is 2.00 bits per heavy atom. The first-order valence-corrected chi connectivity index (χ1v) is 15.6. The average molecular weight is 616 g/mol. The van der Waals surface area contributed by atoms with Gasteiger partial charge in [-0.05, 0) is 83.9 Å². The molecule has 1 unspecified atom stereocenters. The van der Waals surface area contributed by atoms with E-state index in [0.29, 0.717) is 51.5 Å². The first-order chi connectivity index (χ1) is 22.6. The number of carbonyl (C=O) groups excluding carboxylic acids is 2. The zero-order chi connectivity index (χ0) is 34.0. The van der Waals surface area contributed by atoms with Gasteiger partial charge >= 0.3 is 0 Å². The molecule has 3 atom stereocenters. The number of carbonyl (C=O) groups is 2. The summed E-state index contributed by atoms with van der Waals surface area (Å²) in [6, 6.07) is 10.7. The molecule has 0 aliphatic carbocycles. The van der Waals surface area contributed by atoms with E-state index < -0.39 is 17.6 Å². The number of rotatable bonds is 12. The maximum absolute atomic E-state index is 14.3. The molecule has 0 bridgehead atoms. The Morgan fingerprint density at radius 3 is 2.70 bits per heavy atom. The summed E-state index contributed by atoms with van der Waals surface area (Å²) >= 11 is 1.52. The van der Waals surface area contributed by atoms with E-state index in [1.165, 1.54) is 16.2 Å². The van der Waals surface area contributed by atoms with E-state index in [2.05, 4.69) is 5.32 Å². The number of nitrogens with one attached hydrogen (secondary N) is 1. The van der Waals surface area contributed by atoms with Gasteiger partial charge in [-0.3, -0.25) is 14.5 Å². The first kappa shape index (κ1) is 27.6. The summed E-state index contributed by atoms with van der Waals surface area (Å²) in [5, 5.41) is 4.99. The van der Waals surface area contributed by atoms with Crippen LogP contribution in [0.25, 0.3) is 0 Å². The second kappa shape index (κ2) is 14.7. The van der Waals surface area contributed by atoms with E-state index in [1.54, 1.807) is 9.80 Å². The lowest BCUT2D eigenvalue weighted by atomic mass is 9.93. The number of benzene rings is 1. The third-order valence-corrected chi connectivity index (χ3v) is 8.88. The molecule has 10 nitrogen and oxygen atoms in total. The fourth-order valence-corrected chi connectivity index (χ4v) is 6.36. The van der Waals surface area contributed by atoms with Crippen LogP contribution in [-0.4, -0.2) is 109 Å². The molecule has 236 valence electrons. The lowest BCUT2D eigenvalue weighted by molar-refractivity contribution is -0.147. The summed E-state index contributed by atoms with van der Waals surface area (Å²) < 4.78 is 37.6. The number of ether oxygens (including phenoxy) is 1. The number of nitrogens with zero attached hydrogens (tertiary/aromatic N) is 5. The minimum Gasteiger partial charge on any atom is -0.454 e. The number of likely N-dealkylation sites (N-methyl/N-ethyl adjacent to an activating group) is 1. The Hall–Kier alpha value is -2.99. The Kier molecular flexibility index (Phi) is 9.39. The molecule has 0 spiro atoms. The fourth-order valence-electron chi connectivity index (χ4n) is 5.52. The maximum atomic E-state index is 14.3. The van der Waals surface area contributed by atoms with Crippen molar-refractivity contribution in [3.8, 4) is 0 Å². The van der Waals surface area contributed by atoms with Gasteiger partial charge in [-0.15, -0.1) is 11.3 Å². The molecule has 3 N–H and O–H groups in total. The Morgan fingerprint density at radius 1 is 1.21 bits per heavy atom. The van der Waals surface area contributed by atoms with Crippen molar-refractivity contribution >= 4 is 29.2 Å². The van der Waals surface area contributed by atoms with Crippen molar-refractivity contribution in [2.75, 3.05) is 54.3 Å². The van der Waals surface area contributed by atoms with Crippen LogP contribution in [0.3, 0.4) is 0 Å². The Labute approximate surface area is 266 Å². The third kappa shape index (κ3) is 8.35. The van der Waals surface area contributed by atoms with Gasteiger partial charge < -0.3 is 30.5 Å². The fraction of sp³-hybridized carbons (Fsp3) is 0.594. The van der Waals surface area contributed by atoms with Gasteiger partial charge in [0.25, 0.3) is 6.02 Å². The highest BCUT2D eigenvalue weighted by Gasteiger charge is 2.45. The minimum absolute atomic E-state index is 0.0375. The van der Waals surface area contributed by atoms with Gasteiger partial charge in [0.05, 0.1) is 19.1 Å². The second-order valence-corrected chi connectivity index (χ2v) is 12.8. The second-order valence-electron chi connectivity index (χ2n) is 11.8. The molecule has 2 aromatic rings. The van der Waals surface area contributed by atoms with Gasteiger partial charge in [0.2, 0.25) is 11.8 Å². The van der Waals surface area contributed by atoms with Crippen LogP contribution in [0.1, 0.15) is 60.7 Å². The summed E-state index contributed by atoms with van der Waals surface area (Å²) in [5.41, 5.74) is 7.24. The molecule has 2 aliphatic heterocycles. The van der Waals surface area contributed by atoms with Gasteiger partial charge in [-0.2, -0.15) is 0 Å². The van der Waals surface area contributed by atoms with Crippen molar-refractivity contribution in [2.45, 2.75) is 69.9 Å². The van der Waals surface area contributed by atoms with Crippen LogP contribution in [0.4, 0.5) is 0 Å². The van der Waals surface area contributed by atoms with E-state index in [4.69, 9.17) is 20.9 Å². The molecule has 2 aliphatic rings. The standard InChI is InChI=1S/C32H49N7O3S/c1-32(2)28(24-12-8-7-9-13-24)42-31(35-32)38-16-17-39(30(41)26(37(5)6)14-10-11-15-36(3)4)27(21-38)29(40)34-20-25-18-23(19-33)22-43-25/h7-9,12-13,18,22,26-28H,10-11,14-17,19-21,33H2,1-6H3,(H,34,40)/t26-,27-,28?/m0/s1/i3D,4D,5D,6D. The quantitative estimate of drug-likeness (QED) is 0.354. The number of piperazine rings is 1. The smallest absolute Gasteiger partial charge is 0.288 e. The van der Waals surface area contributed by atoms with Gasteiger partial charge in [-0.1, -0.05) is 36.8 Å². The van der Waals surface area contributed by atoms with E-state index in [0.717, 1.165) is 16.0 Å². The minimum atomic E-state index is -0.849. The van der Waals surface area contributed by atoms with Gasteiger partial charge in [0, 0.05) is 30.0 Å². The molecule has 1 fully saturated rings. The Balaban J connectivity index is 1.54. The predicted octanol–water partition coefficient (Wildman–Crippen LogP) is 2.90. The number of amides is 2. The summed E-state index contributed by atoms with van der Waals surface area (Å²) in [5.74, 6) is -0.577.